The summed E-state index contributed by atoms with van der Waals surface area (Å²) in [5, 5.41) is 11.8. The van der Waals surface area contributed by atoms with Crippen molar-refractivity contribution in [3.8, 4) is 5.75 Å². The Bertz CT molecular complexity index is 446. The van der Waals surface area contributed by atoms with E-state index in [1.807, 2.05) is 26.0 Å². The molecule has 0 bridgehead atoms. The van der Waals surface area contributed by atoms with Crippen LogP contribution in [0.2, 0.25) is 0 Å². The molecule has 0 fully saturated rings. The third kappa shape index (κ3) is 3.65. The third-order valence-corrected chi connectivity index (χ3v) is 2.28. The van der Waals surface area contributed by atoms with Gasteiger partial charge in [-0.3, -0.25) is 10.7 Å². The van der Waals surface area contributed by atoms with Crippen molar-refractivity contribution in [3.05, 3.63) is 23.8 Å². The van der Waals surface area contributed by atoms with Crippen molar-refractivity contribution in [1.82, 2.24) is 5.32 Å². The maximum absolute atomic E-state index is 11.5. The number of hydrogen-bond donors (Lipinski definition) is 4. The van der Waals surface area contributed by atoms with E-state index >= 15 is 0 Å². The van der Waals surface area contributed by atoms with Crippen LogP contribution in [0.5, 0.6) is 5.75 Å². The lowest BCUT2D eigenvalue weighted by Gasteiger charge is -2.15. The fraction of sp³-hybridized carbons (Fsp3) is 0.333. The summed E-state index contributed by atoms with van der Waals surface area (Å²) in [6.07, 6.45) is 0.761. The van der Waals surface area contributed by atoms with Gasteiger partial charge in [-0.25, -0.2) is 4.79 Å². The van der Waals surface area contributed by atoms with Crippen molar-refractivity contribution in [3.63, 3.8) is 0 Å². The molecule has 2 amide bonds. The monoisotopic (exact) mass is 250 g/mol. The highest BCUT2D eigenvalue weighted by Crippen LogP contribution is 2.28. The molecule has 0 saturated heterocycles. The minimum atomic E-state index is -0.552. The number of amides is 2. The molecule has 0 aliphatic rings. The van der Waals surface area contributed by atoms with Gasteiger partial charge in [0.15, 0.2) is 5.96 Å². The summed E-state index contributed by atoms with van der Waals surface area (Å²) in [7, 11) is 0. The fourth-order valence-corrected chi connectivity index (χ4v) is 1.56. The molecule has 98 valence electrons. The van der Waals surface area contributed by atoms with Gasteiger partial charge in [-0.15, -0.1) is 0 Å². The molecule has 0 heterocycles. The number of anilines is 1. The minimum absolute atomic E-state index is 0.403. The van der Waals surface area contributed by atoms with E-state index in [4.69, 9.17) is 15.9 Å². The zero-order valence-corrected chi connectivity index (χ0v) is 10.5. The Kier molecular flexibility index (Phi) is 4.98. The lowest BCUT2D eigenvalue weighted by molar-refractivity contribution is 0.255. The SMILES string of the molecule is CCOc1cccc(CC)c1NC(=O)NC(=N)N. The second-order valence-electron chi connectivity index (χ2n) is 3.57. The number of para-hydroxylation sites is 1. The Labute approximate surface area is 106 Å². The standard InChI is InChI=1S/C12H18N4O2/c1-3-8-6-5-7-9(18-4-2)10(8)15-12(17)16-11(13)14/h5-7H,3-4H2,1-2H3,(H5,13,14,15,16,17). The Morgan fingerprint density at radius 2 is 2.17 bits per heavy atom. The Balaban J connectivity index is 2.96. The first-order chi connectivity index (χ1) is 8.58. The number of carbonyl (C=O) groups excluding carboxylic acids is 1. The molecule has 0 aliphatic carbocycles. The lowest BCUT2D eigenvalue weighted by Crippen LogP contribution is -2.38. The van der Waals surface area contributed by atoms with E-state index in [-0.39, 0.29) is 0 Å². The van der Waals surface area contributed by atoms with Crippen LogP contribution in [0.3, 0.4) is 0 Å². The molecule has 5 N–H and O–H groups in total. The Hall–Kier alpha value is -2.24. The number of guanidine groups is 1. The molecule has 0 aliphatic heterocycles. The van der Waals surface area contributed by atoms with Gasteiger partial charge in [0.1, 0.15) is 5.75 Å². The average molecular weight is 250 g/mol. The van der Waals surface area contributed by atoms with Crippen molar-refractivity contribution in [2.24, 2.45) is 5.73 Å². The molecule has 6 nitrogen and oxygen atoms in total. The lowest BCUT2D eigenvalue weighted by atomic mass is 10.1. The fourth-order valence-electron chi connectivity index (χ4n) is 1.56. The van der Waals surface area contributed by atoms with Crippen molar-refractivity contribution in [1.29, 1.82) is 5.41 Å². The van der Waals surface area contributed by atoms with Crippen LogP contribution in [0.25, 0.3) is 0 Å². The molecular weight excluding hydrogens is 232 g/mol. The van der Waals surface area contributed by atoms with Gasteiger partial charge in [-0.2, -0.15) is 0 Å². The van der Waals surface area contributed by atoms with Gasteiger partial charge in [-0.1, -0.05) is 19.1 Å². The zero-order valence-electron chi connectivity index (χ0n) is 10.5. The molecule has 0 aromatic heterocycles. The highest BCUT2D eigenvalue weighted by molar-refractivity contribution is 6.01. The van der Waals surface area contributed by atoms with Crippen LogP contribution in [0.15, 0.2) is 18.2 Å². The van der Waals surface area contributed by atoms with Crippen molar-refractivity contribution in [2.75, 3.05) is 11.9 Å². The van der Waals surface area contributed by atoms with Gasteiger partial charge in [-0.05, 0) is 25.0 Å². The maximum Gasteiger partial charge on any atom is 0.326 e. The van der Waals surface area contributed by atoms with E-state index in [1.165, 1.54) is 0 Å². The maximum atomic E-state index is 11.5. The summed E-state index contributed by atoms with van der Waals surface area (Å²) in [6.45, 7) is 4.37. The number of urea groups is 1. The van der Waals surface area contributed by atoms with E-state index in [0.717, 1.165) is 12.0 Å². The first-order valence-electron chi connectivity index (χ1n) is 5.75. The van der Waals surface area contributed by atoms with E-state index in [9.17, 15) is 4.79 Å². The van der Waals surface area contributed by atoms with Gasteiger partial charge in [0.25, 0.3) is 0 Å². The topological polar surface area (TPSA) is 100 Å². The van der Waals surface area contributed by atoms with Gasteiger partial charge >= 0.3 is 6.03 Å². The second kappa shape index (κ2) is 6.48. The molecule has 1 rings (SSSR count). The van der Waals surface area contributed by atoms with Crippen LogP contribution < -0.4 is 21.1 Å². The van der Waals surface area contributed by atoms with E-state index in [2.05, 4.69) is 10.6 Å². The first-order valence-corrected chi connectivity index (χ1v) is 5.75. The number of nitrogens with two attached hydrogens (primary N) is 1. The van der Waals surface area contributed by atoms with E-state index in [0.29, 0.717) is 18.0 Å². The summed E-state index contributed by atoms with van der Waals surface area (Å²) in [5.41, 5.74) is 6.66. The van der Waals surface area contributed by atoms with Gasteiger partial charge < -0.3 is 15.8 Å². The largest absolute Gasteiger partial charge is 0.492 e. The molecule has 18 heavy (non-hydrogen) atoms. The highest BCUT2D eigenvalue weighted by Gasteiger charge is 2.11. The van der Waals surface area contributed by atoms with Gasteiger partial charge in [0.05, 0.1) is 12.3 Å². The number of nitrogens with one attached hydrogen (secondary N) is 3. The van der Waals surface area contributed by atoms with E-state index in [1.54, 1.807) is 6.07 Å². The molecule has 0 radical (unpaired) electrons. The number of rotatable bonds is 4. The number of aryl methyl sites for hydroxylation is 1. The molecule has 0 spiro atoms. The van der Waals surface area contributed by atoms with Gasteiger partial charge in [0, 0.05) is 0 Å². The Morgan fingerprint density at radius 1 is 1.44 bits per heavy atom. The predicted octanol–water partition coefficient (Wildman–Crippen LogP) is 1.66. The van der Waals surface area contributed by atoms with Crippen molar-refractivity contribution in [2.45, 2.75) is 20.3 Å². The van der Waals surface area contributed by atoms with Crippen LogP contribution >= 0.6 is 0 Å². The summed E-state index contributed by atoms with van der Waals surface area (Å²) in [6, 6.07) is 5.01. The number of ether oxygens (including phenoxy) is 1. The normalized spacial score (nSPS) is 9.67. The van der Waals surface area contributed by atoms with E-state index < -0.39 is 12.0 Å². The Morgan fingerprint density at radius 3 is 2.72 bits per heavy atom. The van der Waals surface area contributed by atoms with Crippen molar-refractivity contribution < 1.29 is 9.53 Å². The summed E-state index contributed by atoms with van der Waals surface area (Å²) in [5.74, 6) is 0.204. The number of carbonyl (C=O) groups is 1. The van der Waals surface area contributed by atoms with Crippen LogP contribution in [-0.2, 0) is 6.42 Å². The summed E-state index contributed by atoms with van der Waals surface area (Å²) in [4.78, 5) is 11.5. The van der Waals surface area contributed by atoms with Gasteiger partial charge in [0.2, 0.25) is 0 Å². The summed E-state index contributed by atoms with van der Waals surface area (Å²) >= 11 is 0. The summed E-state index contributed by atoms with van der Waals surface area (Å²) < 4.78 is 5.46. The molecule has 0 saturated carbocycles. The van der Waals surface area contributed by atoms with Crippen LogP contribution in [0.4, 0.5) is 10.5 Å². The minimum Gasteiger partial charge on any atom is -0.492 e. The van der Waals surface area contributed by atoms with Crippen LogP contribution in [0, 0.1) is 5.41 Å². The molecule has 1 aromatic rings. The second-order valence-corrected chi connectivity index (χ2v) is 3.57. The molecular formula is C12H18N4O2. The first kappa shape index (κ1) is 13.8. The van der Waals surface area contributed by atoms with Crippen LogP contribution in [0.1, 0.15) is 19.4 Å². The molecule has 0 unspecified atom stereocenters. The quantitative estimate of drug-likeness (QED) is 0.483. The number of benzene rings is 1. The third-order valence-electron chi connectivity index (χ3n) is 2.28. The number of hydrogen-bond acceptors (Lipinski definition) is 3. The average Bonchev–Trinajstić information content (AvgIpc) is 2.30. The molecule has 6 heteroatoms. The highest BCUT2D eigenvalue weighted by atomic mass is 16.5. The zero-order chi connectivity index (χ0) is 13.5. The van der Waals surface area contributed by atoms with Crippen molar-refractivity contribution >= 4 is 17.7 Å². The van der Waals surface area contributed by atoms with Crippen LogP contribution in [-0.4, -0.2) is 18.6 Å². The molecule has 0 atom stereocenters. The molecule has 1 aromatic carbocycles. The smallest absolute Gasteiger partial charge is 0.326 e. The predicted molar refractivity (Wildman–Crippen MR) is 71.1 cm³/mol.